The molecule has 0 N–H and O–H groups in total. The molecule has 0 aliphatic heterocycles. The summed E-state index contributed by atoms with van der Waals surface area (Å²) in [7, 11) is 0. The van der Waals surface area contributed by atoms with Gasteiger partial charge in [0.05, 0.1) is 5.52 Å². The Morgan fingerprint density at radius 1 is 0.647 bits per heavy atom. The van der Waals surface area contributed by atoms with Gasteiger partial charge in [0, 0.05) is 26.3 Å². The normalized spacial score (nSPS) is 10.3. The molecule has 6 aromatic rings. The molecular formula is C30H19BrIrN2-2. The Balaban J connectivity index is 0.000000157. The fraction of sp³-hybridized carbons (Fsp3) is 0. The van der Waals surface area contributed by atoms with E-state index in [1.807, 2.05) is 91.1 Å². The van der Waals surface area contributed by atoms with E-state index < -0.39 is 0 Å². The molecule has 0 saturated heterocycles. The van der Waals surface area contributed by atoms with Crippen molar-refractivity contribution in [2.24, 2.45) is 0 Å². The van der Waals surface area contributed by atoms with E-state index in [1.165, 1.54) is 10.8 Å². The number of benzene rings is 4. The molecule has 2 nitrogen and oxygen atoms in total. The molecule has 0 amide bonds. The molecular weight excluding hydrogens is 660 g/mol. The Kier molecular flexibility index (Phi) is 7.97. The molecule has 4 heteroatoms. The summed E-state index contributed by atoms with van der Waals surface area (Å²) in [5.74, 6) is 0. The van der Waals surface area contributed by atoms with Gasteiger partial charge in [0.15, 0.2) is 0 Å². The number of pyridine rings is 2. The zero-order chi connectivity index (χ0) is 22.5. The topological polar surface area (TPSA) is 25.8 Å². The Morgan fingerprint density at radius 3 is 2.24 bits per heavy atom. The van der Waals surface area contributed by atoms with E-state index in [1.54, 1.807) is 0 Å². The van der Waals surface area contributed by atoms with Crippen LogP contribution in [-0.2, 0) is 20.1 Å². The van der Waals surface area contributed by atoms with Crippen LogP contribution >= 0.6 is 15.9 Å². The molecule has 0 aliphatic carbocycles. The van der Waals surface area contributed by atoms with Crippen LogP contribution in [0.2, 0.25) is 0 Å². The monoisotopic (exact) mass is 679 g/mol. The van der Waals surface area contributed by atoms with E-state index in [4.69, 9.17) is 0 Å². The molecule has 34 heavy (non-hydrogen) atoms. The summed E-state index contributed by atoms with van der Waals surface area (Å²) in [5.41, 5.74) is 5.02. The molecule has 2 heterocycles. The van der Waals surface area contributed by atoms with Crippen LogP contribution in [0.5, 0.6) is 0 Å². The van der Waals surface area contributed by atoms with Crippen LogP contribution in [0.4, 0.5) is 0 Å². The molecule has 0 saturated carbocycles. The van der Waals surface area contributed by atoms with Gasteiger partial charge in [-0.3, -0.25) is 4.98 Å². The summed E-state index contributed by atoms with van der Waals surface area (Å²) in [6.07, 6.45) is 1.84. The third-order valence-corrected chi connectivity index (χ3v) is 5.77. The zero-order valence-electron chi connectivity index (χ0n) is 18.1. The van der Waals surface area contributed by atoms with Gasteiger partial charge in [-0.25, -0.2) is 0 Å². The minimum Gasteiger partial charge on any atom is -0.304 e. The maximum Gasteiger partial charge on any atom is 0.0595 e. The van der Waals surface area contributed by atoms with E-state index in [0.29, 0.717) is 0 Å². The maximum absolute atomic E-state index is 4.61. The quantitative estimate of drug-likeness (QED) is 0.173. The molecule has 0 fully saturated rings. The predicted octanol–water partition coefficient (Wildman–Crippen LogP) is 8.16. The minimum atomic E-state index is 0. The summed E-state index contributed by atoms with van der Waals surface area (Å²) in [6.45, 7) is 0. The first-order valence-corrected chi connectivity index (χ1v) is 11.4. The van der Waals surface area contributed by atoms with Crippen molar-refractivity contribution in [2.45, 2.75) is 0 Å². The van der Waals surface area contributed by atoms with Crippen LogP contribution in [-0.4, -0.2) is 9.97 Å². The molecule has 0 bridgehead atoms. The number of rotatable bonds is 2. The van der Waals surface area contributed by atoms with Gasteiger partial charge in [0.2, 0.25) is 0 Å². The van der Waals surface area contributed by atoms with Crippen molar-refractivity contribution in [1.82, 2.24) is 9.97 Å². The number of fused-ring (bicyclic) bond motifs is 2. The van der Waals surface area contributed by atoms with Gasteiger partial charge < -0.3 is 4.98 Å². The van der Waals surface area contributed by atoms with Crippen LogP contribution < -0.4 is 0 Å². The zero-order valence-corrected chi connectivity index (χ0v) is 22.1. The van der Waals surface area contributed by atoms with Crippen molar-refractivity contribution >= 4 is 37.6 Å². The van der Waals surface area contributed by atoms with Gasteiger partial charge in [-0.15, -0.1) is 65.7 Å². The largest absolute Gasteiger partial charge is 0.304 e. The second kappa shape index (κ2) is 11.3. The predicted molar refractivity (Wildman–Crippen MR) is 140 cm³/mol. The summed E-state index contributed by atoms with van der Waals surface area (Å²) in [5, 5.41) is 3.53. The number of hydrogen-bond donors (Lipinski definition) is 0. The first kappa shape index (κ1) is 24.0. The van der Waals surface area contributed by atoms with Crippen molar-refractivity contribution in [3.63, 3.8) is 0 Å². The SMILES string of the molecule is Brc1cc[c-]c(-c2nccc3ccccc23)c1.[Ir].[c-]1ccccc1-c1ccc2ccccc2n1. The third kappa shape index (κ3) is 5.48. The molecule has 6 rings (SSSR count). The molecule has 167 valence electrons. The van der Waals surface area contributed by atoms with Crippen LogP contribution in [0, 0.1) is 12.1 Å². The molecule has 1 radical (unpaired) electrons. The second-order valence-corrected chi connectivity index (χ2v) is 8.38. The van der Waals surface area contributed by atoms with Gasteiger partial charge in [-0.05, 0) is 39.7 Å². The smallest absolute Gasteiger partial charge is 0.0595 e. The van der Waals surface area contributed by atoms with Crippen molar-refractivity contribution in [3.05, 3.63) is 132 Å². The van der Waals surface area contributed by atoms with Gasteiger partial charge in [-0.2, -0.15) is 0 Å². The molecule has 0 unspecified atom stereocenters. The van der Waals surface area contributed by atoms with E-state index in [9.17, 15) is 0 Å². The number of para-hydroxylation sites is 1. The maximum atomic E-state index is 4.61. The third-order valence-electron chi connectivity index (χ3n) is 5.28. The van der Waals surface area contributed by atoms with Crippen LogP contribution in [0.25, 0.3) is 44.2 Å². The van der Waals surface area contributed by atoms with Crippen molar-refractivity contribution in [3.8, 4) is 22.5 Å². The second-order valence-electron chi connectivity index (χ2n) is 7.47. The molecule has 2 aromatic heterocycles. The number of aromatic nitrogens is 2. The average Bonchev–Trinajstić information content (AvgIpc) is 2.89. The summed E-state index contributed by atoms with van der Waals surface area (Å²) >= 11 is 3.48. The number of nitrogens with zero attached hydrogens (tertiary/aromatic N) is 2. The van der Waals surface area contributed by atoms with E-state index in [0.717, 1.165) is 37.9 Å². The van der Waals surface area contributed by atoms with Crippen LogP contribution in [0.15, 0.2) is 120 Å². The van der Waals surface area contributed by atoms with Gasteiger partial charge in [-0.1, -0.05) is 75.0 Å². The Bertz CT molecular complexity index is 1530. The van der Waals surface area contributed by atoms with Gasteiger partial charge in [0.25, 0.3) is 0 Å². The Labute approximate surface area is 221 Å². The summed E-state index contributed by atoms with van der Waals surface area (Å²) < 4.78 is 1.04. The van der Waals surface area contributed by atoms with E-state index in [2.05, 4.69) is 62.3 Å². The summed E-state index contributed by atoms with van der Waals surface area (Å²) in [6, 6.07) is 42.8. The number of halogens is 1. The van der Waals surface area contributed by atoms with Crippen molar-refractivity contribution < 1.29 is 20.1 Å². The fourth-order valence-corrected chi connectivity index (χ4v) is 4.04. The molecule has 4 aromatic carbocycles. The summed E-state index contributed by atoms with van der Waals surface area (Å²) in [4.78, 5) is 9.08. The molecule has 0 spiro atoms. The first-order valence-electron chi connectivity index (χ1n) is 10.6. The Hall–Kier alpha value is -3.17. The minimum absolute atomic E-state index is 0. The number of hydrogen-bond acceptors (Lipinski definition) is 2. The van der Waals surface area contributed by atoms with Crippen LogP contribution in [0.1, 0.15) is 0 Å². The average molecular weight is 680 g/mol. The molecule has 0 atom stereocenters. The van der Waals surface area contributed by atoms with Gasteiger partial charge in [0.1, 0.15) is 0 Å². The van der Waals surface area contributed by atoms with E-state index in [-0.39, 0.29) is 20.1 Å². The van der Waals surface area contributed by atoms with Crippen molar-refractivity contribution in [1.29, 1.82) is 0 Å². The fourth-order valence-electron chi connectivity index (χ4n) is 3.68. The first-order chi connectivity index (χ1) is 16.3. The van der Waals surface area contributed by atoms with E-state index >= 15 is 0 Å². The van der Waals surface area contributed by atoms with Crippen molar-refractivity contribution in [2.75, 3.05) is 0 Å². The molecule has 0 aliphatic rings. The van der Waals surface area contributed by atoms with Gasteiger partial charge >= 0.3 is 0 Å². The van der Waals surface area contributed by atoms with Crippen LogP contribution in [0.3, 0.4) is 0 Å². The standard InChI is InChI=1S/C15H9BrN.C15H10N.Ir/c16-13-6-3-5-12(10-13)15-14-7-2-1-4-11(14)8-9-17-15;1-2-6-12(7-3-1)15-11-10-13-8-4-5-9-14(13)16-15;/h1-4,6-10H;1-6,8-11H;/q2*-1;. The Morgan fingerprint density at radius 2 is 1.41 bits per heavy atom.